The largest absolute Gasteiger partial charge is 0.326 e. The Kier molecular flexibility index (Phi) is 7.48. The molecule has 4 rings (SSSR count). The minimum atomic E-state index is -0.243. The summed E-state index contributed by atoms with van der Waals surface area (Å²) in [5.74, 6) is 0.180. The van der Waals surface area contributed by atoms with Gasteiger partial charge in [-0.05, 0) is 62.1 Å². The maximum Gasteiger partial charge on any atom is 0.239 e. The lowest BCUT2D eigenvalue weighted by Crippen LogP contribution is -2.25. The maximum atomic E-state index is 12.9. The second-order valence-corrected chi connectivity index (χ2v) is 10.7. The number of aromatic nitrogens is 1. The van der Waals surface area contributed by atoms with Crippen molar-refractivity contribution in [3.8, 4) is 0 Å². The van der Waals surface area contributed by atoms with Crippen molar-refractivity contribution in [3.05, 3.63) is 48.0 Å². The van der Waals surface area contributed by atoms with Gasteiger partial charge in [-0.3, -0.25) is 9.59 Å². The van der Waals surface area contributed by atoms with Crippen LogP contribution in [0.2, 0.25) is 0 Å². The van der Waals surface area contributed by atoms with Crippen LogP contribution in [0.4, 0.5) is 10.8 Å². The van der Waals surface area contributed by atoms with Crippen LogP contribution in [0.5, 0.6) is 0 Å². The van der Waals surface area contributed by atoms with Crippen LogP contribution in [0.25, 0.3) is 10.2 Å². The standard InChI is InChI=1S/C25H29N3O2S2/c1-3-21(24(30)28-25-27-20-13-12-16(2)14-22(20)32-25)31-19-11-7-10-18(15-19)26-23(29)17-8-5-4-6-9-17/h7,10-15,17,21H,3-6,8-9H2,1-2H3,(H,26,29)(H,27,28,30). The summed E-state index contributed by atoms with van der Waals surface area (Å²) in [5.41, 5.74) is 2.87. The average molecular weight is 468 g/mol. The van der Waals surface area contributed by atoms with Gasteiger partial charge in [-0.15, -0.1) is 11.8 Å². The molecule has 0 radical (unpaired) electrons. The van der Waals surface area contributed by atoms with E-state index in [1.807, 2.05) is 50.2 Å². The topological polar surface area (TPSA) is 71.1 Å². The third-order valence-electron chi connectivity index (χ3n) is 5.79. The van der Waals surface area contributed by atoms with Crippen molar-refractivity contribution < 1.29 is 9.59 Å². The van der Waals surface area contributed by atoms with E-state index in [1.165, 1.54) is 35.1 Å². The average Bonchev–Trinajstić information content (AvgIpc) is 3.19. The van der Waals surface area contributed by atoms with Crippen molar-refractivity contribution in [1.29, 1.82) is 0 Å². The van der Waals surface area contributed by atoms with Crippen LogP contribution < -0.4 is 10.6 Å². The number of amides is 2. The molecule has 1 aromatic heterocycles. The molecule has 7 heteroatoms. The molecule has 5 nitrogen and oxygen atoms in total. The Morgan fingerprint density at radius 2 is 1.94 bits per heavy atom. The minimum Gasteiger partial charge on any atom is -0.326 e. The van der Waals surface area contributed by atoms with Crippen molar-refractivity contribution in [3.63, 3.8) is 0 Å². The number of carbonyl (C=O) groups excluding carboxylic acids is 2. The summed E-state index contributed by atoms with van der Waals surface area (Å²) in [7, 11) is 0. The normalized spacial score (nSPS) is 15.4. The SMILES string of the molecule is CCC(Sc1cccc(NC(=O)C2CCCCC2)c1)C(=O)Nc1nc2ccc(C)cc2s1. The number of rotatable bonds is 7. The summed E-state index contributed by atoms with van der Waals surface area (Å²) < 4.78 is 1.07. The highest BCUT2D eigenvalue weighted by molar-refractivity contribution is 8.00. The number of thiazole rings is 1. The summed E-state index contributed by atoms with van der Waals surface area (Å²) in [6.45, 7) is 4.06. The molecule has 2 N–H and O–H groups in total. The van der Waals surface area contributed by atoms with Gasteiger partial charge in [0, 0.05) is 16.5 Å². The van der Waals surface area contributed by atoms with Gasteiger partial charge in [0.15, 0.2) is 5.13 Å². The molecule has 3 aromatic rings. The van der Waals surface area contributed by atoms with E-state index in [1.54, 1.807) is 0 Å². The van der Waals surface area contributed by atoms with Crippen LogP contribution in [0.3, 0.4) is 0 Å². The number of hydrogen-bond donors (Lipinski definition) is 2. The number of nitrogens with zero attached hydrogens (tertiary/aromatic N) is 1. The van der Waals surface area contributed by atoms with Crippen molar-refractivity contribution in [2.24, 2.45) is 5.92 Å². The van der Waals surface area contributed by atoms with Crippen LogP contribution in [-0.4, -0.2) is 22.0 Å². The predicted molar refractivity (Wildman–Crippen MR) is 135 cm³/mol. The Morgan fingerprint density at radius 1 is 1.12 bits per heavy atom. The Bertz CT molecular complexity index is 1110. The van der Waals surface area contributed by atoms with Gasteiger partial charge >= 0.3 is 0 Å². The number of anilines is 2. The Hall–Kier alpha value is -2.38. The van der Waals surface area contributed by atoms with Gasteiger partial charge in [0.2, 0.25) is 11.8 Å². The van der Waals surface area contributed by atoms with Crippen LogP contribution in [0.15, 0.2) is 47.4 Å². The summed E-state index contributed by atoms with van der Waals surface area (Å²) in [6.07, 6.45) is 6.14. The molecule has 1 saturated carbocycles. The Balaban J connectivity index is 1.39. The summed E-state index contributed by atoms with van der Waals surface area (Å²) >= 11 is 3.01. The van der Waals surface area contributed by atoms with E-state index >= 15 is 0 Å². The molecule has 32 heavy (non-hydrogen) atoms. The molecule has 0 aliphatic heterocycles. The van der Waals surface area contributed by atoms with E-state index in [0.29, 0.717) is 11.6 Å². The molecule has 1 aliphatic rings. The molecule has 2 amide bonds. The Morgan fingerprint density at radius 3 is 2.72 bits per heavy atom. The first kappa shape index (κ1) is 22.8. The number of nitrogens with one attached hydrogen (secondary N) is 2. The predicted octanol–water partition coefficient (Wildman–Crippen LogP) is 6.63. The monoisotopic (exact) mass is 467 g/mol. The molecule has 1 heterocycles. The zero-order valence-electron chi connectivity index (χ0n) is 18.5. The Labute approximate surface area is 197 Å². The second-order valence-electron chi connectivity index (χ2n) is 8.35. The molecule has 1 atom stereocenters. The first-order valence-electron chi connectivity index (χ1n) is 11.3. The van der Waals surface area contributed by atoms with Crippen molar-refractivity contribution >= 4 is 55.9 Å². The number of fused-ring (bicyclic) bond motifs is 1. The van der Waals surface area contributed by atoms with E-state index in [9.17, 15) is 9.59 Å². The summed E-state index contributed by atoms with van der Waals surface area (Å²) in [5, 5.41) is 6.45. The van der Waals surface area contributed by atoms with Crippen molar-refractivity contribution in [2.45, 2.75) is 62.5 Å². The summed E-state index contributed by atoms with van der Waals surface area (Å²) in [4.78, 5) is 31.0. The third kappa shape index (κ3) is 5.70. The fourth-order valence-electron chi connectivity index (χ4n) is 4.01. The van der Waals surface area contributed by atoms with Gasteiger partial charge in [-0.1, -0.05) is 49.7 Å². The molecule has 168 valence electrons. The van der Waals surface area contributed by atoms with Gasteiger partial charge in [-0.25, -0.2) is 4.98 Å². The minimum absolute atomic E-state index is 0.0510. The van der Waals surface area contributed by atoms with Gasteiger partial charge in [0.1, 0.15) is 0 Å². The van der Waals surface area contributed by atoms with Gasteiger partial charge in [0.05, 0.1) is 15.5 Å². The molecule has 0 saturated heterocycles. The number of benzene rings is 2. The lowest BCUT2D eigenvalue weighted by molar-refractivity contribution is -0.120. The first-order chi connectivity index (χ1) is 15.5. The van der Waals surface area contributed by atoms with E-state index < -0.39 is 0 Å². The van der Waals surface area contributed by atoms with Crippen LogP contribution >= 0.6 is 23.1 Å². The lowest BCUT2D eigenvalue weighted by atomic mass is 9.88. The van der Waals surface area contributed by atoms with Crippen LogP contribution in [-0.2, 0) is 9.59 Å². The highest BCUT2D eigenvalue weighted by Gasteiger charge is 2.22. The fourth-order valence-corrected chi connectivity index (χ4v) is 5.99. The molecular formula is C25H29N3O2S2. The zero-order valence-corrected chi connectivity index (χ0v) is 20.2. The number of carbonyl (C=O) groups is 2. The van der Waals surface area contributed by atoms with Gasteiger partial charge in [-0.2, -0.15) is 0 Å². The highest BCUT2D eigenvalue weighted by Crippen LogP contribution is 2.31. The first-order valence-corrected chi connectivity index (χ1v) is 13.0. The van der Waals surface area contributed by atoms with Crippen molar-refractivity contribution in [2.75, 3.05) is 10.6 Å². The third-order valence-corrected chi connectivity index (χ3v) is 8.08. The van der Waals surface area contributed by atoms with Crippen LogP contribution in [0, 0.1) is 12.8 Å². The number of aryl methyl sites for hydroxylation is 1. The highest BCUT2D eigenvalue weighted by atomic mass is 32.2. The fraction of sp³-hybridized carbons (Fsp3) is 0.400. The molecule has 1 fully saturated rings. The molecule has 0 spiro atoms. The summed E-state index contributed by atoms with van der Waals surface area (Å²) in [6, 6.07) is 13.9. The molecule has 2 aromatic carbocycles. The van der Waals surface area contributed by atoms with E-state index in [-0.39, 0.29) is 23.0 Å². The molecule has 1 aliphatic carbocycles. The quantitative estimate of drug-likeness (QED) is 0.382. The zero-order chi connectivity index (χ0) is 22.5. The van der Waals surface area contributed by atoms with Crippen molar-refractivity contribution in [1.82, 2.24) is 4.98 Å². The van der Waals surface area contributed by atoms with Crippen LogP contribution in [0.1, 0.15) is 51.0 Å². The number of thioether (sulfide) groups is 1. The van der Waals surface area contributed by atoms with E-state index in [0.717, 1.165) is 46.5 Å². The van der Waals surface area contributed by atoms with Gasteiger partial charge < -0.3 is 10.6 Å². The van der Waals surface area contributed by atoms with Gasteiger partial charge in [0.25, 0.3) is 0 Å². The number of hydrogen-bond acceptors (Lipinski definition) is 5. The maximum absolute atomic E-state index is 12.9. The molecule has 0 bridgehead atoms. The van der Waals surface area contributed by atoms with E-state index in [4.69, 9.17) is 0 Å². The molecular weight excluding hydrogens is 438 g/mol. The lowest BCUT2D eigenvalue weighted by Gasteiger charge is -2.21. The smallest absolute Gasteiger partial charge is 0.239 e. The molecule has 1 unspecified atom stereocenters. The second kappa shape index (κ2) is 10.5. The van der Waals surface area contributed by atoms with E-state index in [2.05, 4.69) is 21.7 Å².